The number of hydrogen-bond acceptors (Lipinski definition) is 5. The first-order chi connectivity index (χ1) is 11.3. The third-order valence-corrected chi connectivity index (χ3v) is 4.11. The van der Waals surface area contributed by atoms with Crippen molar-refractivity contribution in [2.75, 3.05) is 10.6 Å². The Morgan fingerprint density at radius 1 is 1.04 bits per heavy atom. The van der Waals surface area contributed by atoms with Crippen molar-refractivity contribution in [3.8, 4) is 0 Å². The van der Waals surface area contributed by atoms with Crippen LogP contribution in [0.3, 0.4) is 0 Å². The molecule has 1 aromatic heterocycles. The van der Waals surface area contributed by atoms with E-state index in [0.717, 1.165) is 11.3 Å². The van der Waals surface area contributed by atoms with Crippen LogP contribution in [0.1, 0.15) is 23.5 Å². The van der Waals surface area contributed by atoms with Crippen molar-refractivity contribution in [1.29, 1.82) is 0 Å². The van der Waals surface area contributed by atoms with Gasteiger partial charge >= 0.3 is 5.97 Å². The Hall–Kier alpha value is -2.38. The topological polar surface area (TPSA) is 84.5 Å². The van der Waals surface area contributed by atoms with Crippen molar-refractivity contribution < 1.29 is 19.1 Å². The molecule has 6 nitrogen and oxygen atoms in total. The van der Waals surface area contributed by atoms with Crippen LogP contribution in [-0.4, -0.2) is 23.9 Å². The average molecular weight is 367 g/mol. The highest BCUT2D eigenvalue weighted by atomic mass is 35.5. The lowest BCUT2D eigenvalue weighted by molar-refractivity contribution is -0.123. The van der Waals surface area contributed by atoms with Crippen LogP contribution in [0.4, 0.5) is 11.4 Å². The Bertz CT molecular complexity index is 758. The first-order valence-electron chi connectivity index (χ1n) is 7.00. The zero-order valence-corrected chi connectivity index (χ0v) is 14.5. The summed E-state index contributed by atoms with van der Waals surface area (Å²) in [5.41, 5.74) is 1.14. The van der Waals surface area contributed by atoms with Gasteiger partial charge in [0.25, 0.3) is 5.91 Å². The first kappa shape index (κ1) is 18.0. The summed E-state index contributed by atoms with van der Waals surface area (Å²) < 4.78 is 5.57. The standard InChI is InChI=1S/C16H15ClN2O4S/c1-9(23-16(22)13-7-8-14(17)24-13)15(21)19-12-5-3-11(4-6-12)18-10(2)20/h3-9H,1-2H3,(H,18,20)(H,19,21)/t9-/m1/s1. The third-order valence-electron chi connectivity index (χ3n) is 2.90. The van der Waals surface area contributed by atoms with Gasteiger partial charge in [-0.25, -0.2) is 4.79 Å². The van der Waals surface area contributed by atoms with E-state index in [-0.39, 0.29) is 5.91 Å². The molecule has 1 atom stereocenters. The van der Waals surface area contributed by atoms with E-state index in [2.05, 4.69) is 10.6 Å². The molecule has 0 fully saturated rings. The Labute approximate surface area is 147 Å². The monoisotopic (exact) mass is 366 g/mol. The van der Waals surface area contributed by atoms with Crippen molar-refractivity contribution in [3.63, 3.8) is 0 Å². The van der Waals surface area contributed by atoms with Gasteiger partial charge in [-0.3, -0.25) is 9.59 Å². The maximum atomic E-state index is 12.1. The van der Waals surface area contributed by atoms with Gasteiger partial charge in [0.05, 0.1) is 4.34 Å². The summed E-state index contributed by atoms with van der Waals surface area (Å²) in [6.45, 7) is 2.89. The van der Waals surface area contributed by atoms with E-state index in [0.29, 0.717) is 20.6 Å². The van der Waals surface area contributed by atoms with E-state index in [9.17, 15) is 14.4 Å². The molecule has 0 aliphatic carbocycles. The fourth-order valence-electron chi connectivity index (χ4n) is 1.78. The molecule has 126 valence electrons. The maximum absolute atomic E-state index is 12.1. The molecule has 1 heterocycles. The molecule has 0 bridgehead atoms. The number of thiophene rings is 1. The lowest BCUT2D eigenvalue weighted by Gasteiger charge is -2.13. The summed E-state index contributed by atoms with van der Waals surface area (Å²) in [7, 11) is 0. The highest BCUT2D eigenvalue weighted by Gasteiger charge is 2.20. The molecule has 8 heteroatoms. The van der Waals surface area contributed by atoms with Crippen molar-refractivity contribution in [1.82, 2.24) is 0 Å². The van der Waals surface area contributed by atoms with Crippen LogP contribution in [0.2, 0.25) is 4.34 Å². The lowest BCUT2D eigenvalue weighted by Crippen LogP contribution is -2.29. The summed E-state index contributed by atoms with van der Waals surface area (Å²) in [5.74, 6) is -1.24. The Balaban J connectivity index is 1.91. The molecular formula is C16H15ClN2O4S. The molecule has 0 radical (unpaired) electrons. The minimum absolute atomic E-state index is 0.180. The van der Waals surface area contributed by atoms with Gasteiger partial charge in [-0.15, -0.1) is 11.3 Å². The van der Waals surface area contributed by atoms with Gasteiger partial charge in [0.2, 0.25) is 5.91 Å². The predicted octanol–water partition coefficient (Wildman–Crippen LogP) is 3.54. The van der Waals surface area contributed by atoms with Crippen LogP contribution in [-0.2, 0) is 14.3 Å². The van der Waals surface area contributed by atoms with Gasteiger partial charge in [0.1, 0.15) is 4.88 Å². The number of ether oxygens (including phenoxy) is 1. The molecule has 2 N–H and O–H groups in total. The fourth-order valence-corrected chi connectivity index (χ4v) is 2.71. The quantitative estimate of drug-likeness (QED) is 0.792. The number of halogens is 1. The SMILES string of the molecule is CC(=O)Nc1ccc(NC(=O)[C@@H](C)OC(=O)c2ccc(Cl)s2)cc1. The molecular weight excluding hydrogens is 352 g/mol. The second-order valence-corrected chi connectivity index (χ2v) is 6.61. The van der Waals surface area contributed by atoms with Crippen LogP contribution in [0.15, 0.2) is 36.4 Å². The van der Waals surface area contributed by atoms with Crippen molar-refractivity contribution in [2.45, 2.75) is 20.0 Å². The van der Waals surface area contributed by atoms with Crippen molar-refractivity contribution >= 4 is 52.1 Å². The minimum Gasteiger partial charge on any atom is -0.448 e. The molecule has 2 rings (SSSR count). The summed E-state index contributed by atoms with van der Waals surface area (Å²) >= 11 is 6.84. The number of carbonyl (C=O) groups excluding carboxylic acids is 3. The largest absolute Gasteiger partial charge is 0.448 e. The van der Waals surface area contributed by atoms with E-state index in [1.807, 2.05) is 0 Å². The van der Waals surface area contributed by atoms with Crippen molar-refractivity contribution in [2.24, 2.45) is 0 Å². The number of rotatable bonds is 5. The molecule has 0 aliphatic heterocycles. The number of nitrogens with one attached hydrogen (secondary N) is 2. The summed E-state index contributed by atoms with van der Waals surface area (Å²) in [4.78, 5) is 35.2. The zero-order chi connectivity index (χ0) is 17.7. The van der Waals surface area contributed by atoms with E-state index in [1.54, 1.807) is 36.4 Å². The van der Waals surface area contributed by atoms with Crippen LogP contribution < -0.4 is 10.6 Å². The molecule has 0 saturated heterocycles. The molecule has 1 aromatic carbocycles. The molecule has 2 amide bonds. The lowest BCUT2D eigenvalue weighted by atomic mass is 10.2. The molecule has 0 saturated carbocycles. The number of amides is 2. The summed E-state index contributed by atoms with van der Waals surface area (Å²) in [5, 5.41) is 5.26. The molecule has 2 aromatic rings. The number of esters is 1. The molecule has 0 unspecified atom stereocenters. The van der Waals surface area contributed by atoms with E-state index >= 15 is 0 Å². The number of hydrogen-bond donors (Lipinski definition) is 2. The van der Waals surface area contributed by atoms with Gasteiger partial charge in [-0.2, -0.15) is 0 Å². The predicted molar refractivity (Wildman–Crippen MR) is 93.6 cm³/mol. The average Bonchev–Trinajstić information content (AvgIpc) is 2.95. The second kappa shape index (κ2) is 7.94. The first-order valence-corrected chi connectivity index (χ1v) is 8.19. The van der Waals surface area contributed by atoms with Gasteiger partial charge in [-0.1, -0.05) is 11.6 Å². The highest BCUT2D eigenvalue weighted by Crippen LogP contribution is 2.22. The van der Waals surface area contributed by atoms with Crippen LogP contribution in [0, 0.1) is 0 Å². The molecule has 0 spiro atoms. The highest BCUT2D eigenvalue weighted by molar-refractivity contribution is 7.17. The number of anilines is 2. The van der Waals surface area contributed by atoms with E-state index < -0.39 is 18.0 Å². The third kappa shape index (κ3) is 5.07. The zero-order valence-electron chi connectivity index (χ0n) is 13.0. The van der Waals surface area contributed by atoms with Gasteiger partial charge < -0.3 is 15.4 Å². The fraction of sp³-hybridized carbons (Fsp3) is 0.188. The van der Waals surface area contributed by atoms with Crippen molar-refractivity contribution in [3.05, 3.63) is 45.6 Å². The van der Waals surface area contributed by atoms with Crippen LogP contribution >= 0.6 is 22.9 Å². The maximum Gasteiger partial charge on any atom is 0.349 e. The van der Waals surface area contributed by atoms with Gasteiger partial charge in [0.15, 0.2) is 6.10 Å². The van der Waals surface area contributed by atoms with Crippen LogP contribution in [0.5, 0.6) is 0 Å². The van der Waals surface area contributed by atoms with E-state index in [1.165, 1.54) is 13.8 Å². The molecule has 0 aliphatic rings. The second-order valence-electron chi connectivity index (χ2n) is 4.90. The van der Waals surface area contributed by atoms with Gasteiger partial charge in [0, 0.05) is 18.3 Å². The normalized spacial score (nSPS) is 11.5. The smallest absolute Gasteiger partial charge is 0.349 e. The number of benzene rings is 1. The van der Waals surface area contributed by atoms with Crippen LogP contribution in [0.25, 0.3) is 0 Å². The van der Waals surface area contributed by atoms with E-state index in [4.69, 9.17) is 16.3 Å². The minimum atomic E-state index is -0.964. The summed E-state index contributed by atoms with van der Waals surface area (Å²) in [6, 6.07) is 9.71. The Kier molecular flexibility index (Phi) is 5.94. The Morgan fingerprint density at radius 3 is 2.12 bits per heavy atom. The number of carbonyl (C=O) groups is 3. The molecule has 24 heavy (non-hydrogen) atoms. The Morgan fingerprint density at radius 2 is 1.62 bits per heavy atom. The van der Waals surface area contributed by atoms with Gasteiger partial charge in [-0.05, 0) is 43.3 Å². The summed E-state index contributed by atoms with van der Waals surface area (Å²) in [6.07, 6.45) is -0.964.